The molecule has 0 atom stereocenters. The lowest BCUT2D eigenvalue weighted by molar-refractivity contribution is 0.102. The Morgan fingerprint density at radius 1 is 1.10 bits per heavy atom. The van der Waals surface area contributed by atoms with Gasteiger partial charge in [-0.15, -0.1) is 0 Å². The number of nitrogens with zero attached hydrogens (tertiary/aromatic N) is 5. The van der Waals surface area contributed by atoms with Gasteiger partial charge < -0.3 is 10.1 Å². The molecule has 30 heavy (non-hydrogen) atoms. The molecule has 0 bridgehead atoms. The number of hydrogen-bond acceptors (Lipinski definition) is 6. The third-order valence-electron chi connectivity index (χ3n) is 4.56. The minimum atomic E-state index is -0.319. The minimum absolute atomic E-state index is 0.319. The lowest BCUT2D eigenvalue weighted by Gasteiger charge is -2.09. The summed E-state index contributed by atoms with van der Waals surface area (Å²) in [6.45, 7) is 1.85. The fraction of sp³-hybridized carbons (Fsp3) is 0.136. The number of aromatic nitrogens is 5. The van der Waals surface area contributed by atoms with E-state index in [1.54, 1.807) is 55.8 Å². The van der Waals surface area contributed by atoms with Gasteiger partial charge in [0.1, 0.15) is 17.1 Å². The Morgan fingerprint density at radius 3 is 2.63 bits per heavy atom. The largest absolute Gasteiger partial charge is 0.495 e. The van der Waals surface area contributed by atoms with Crippen molar-refractivity contribution in [3.8, 4) is 28.4 Å². The second-order valence-corrected chi connectivity index (χ2v) is 6.71. The molecule has 0 aliphatic rings. The summed E-state index contributed by atoms with van der Waals surface area (Å²) in [4.78, 5) is 26.1. The van der Waals surface area contributed by atoms with Crippen LogP contribution in [0.25, 0.3) is 22.6 Å². The molecule has 0 aliphatic carbocycles. The normalized spacial score (nSPS) is 10.6. The Hall–Kier alpha value is -4.07. The summed E-state index contributed by atoms with van der Waals surface area (Å²) in [5.41, 5.74) is 4.38. The molecule has 4 heterocycles. The molecule has 0 saturated carbocycles. The number of methoxy groups -OCH3 is 1. The molecule has 0 saturated heterocycles. The molecule has 4 aromatic heterocycles. The van der Waals surface area contributed by atoms with E-state index in [2.05, 4.69) is 25.4 Å². The van der Waals surface area contributed by atoms with Gasteiger partial charge in [0.05, 0.1) is 30.4 Å². The average Bonchev–Trinajstić information content (AvgIpc) is 3.14. The van der Waals surface area contributed by atoms with Crippen molar-refractivity contribution in [2.24, 2.45) is 7.05 Å². The van der Waals surface area contributed by atoms with E-state index in [0.29, 0.717) is 34.2 Å². The molecule has 0 fully saturated rings. The number of rotatable bonds is 5. The van der Waals surface area contributed by atoms with E-state index in [-0.39, 0.29) is 5.91 Å². The molecule has 8 heteroatoms. The molecule has 0 unspecified atom stereocenters. The van der Waals surface area contributed by atoms with Crippen LogP contribution in [0.3, 0.4) is 0 Å². The first-order valence-electron chi connectivity index (χ1n) is 9.28. The Morgan fingerprint density at radius 2 is 1.93 bits per heavy atom. The van der Waals surface area contributed by atoms with Gasteiger partial charge in [-0.1, -0.05) is 6.07 Å². The SMILES string of the molecule is COc1ccc(-c2nn(C)cc2NC(=O)c2nc(-c3cccnc3)ccc2C)nc1. The Balaban J connectivity index is 1.65. The van der Waals surface area contributed by atoms with Crippen LogP contribution in [0, 0.1) is 6.92 Å². The van der Waals surface area contributed by atoms with E-state index < -0.39 is 0 Å². The molecule has 0 radical (unpaired) electrons. The van der Waals surface area contributed by atoms with Crippen LogP contribution < -0.4 is 10.1 Å². The number of carbonyl (C=O) groups excluding carboxylic acids is 1. The van der Waals surface area contributed by atoms with Crippen LogP contribution in [0.15, 0.2) is 61.2 Å². The summed E-state index contributed by atoms with van der Waals surface area (Å²) in [5, 5.41) is 7.36. The molecule has 0 aliphatic heterocycles. The highest BCUT2D eigenvalue weighted by Gasteiger charge is 2.18. The third-order valence-corrected chi connectivity index (χ3v) is 4.56. The first-order chi connectivity index (χ1) is 14.5. The Bertz CT molecular complexity index is 1190. The van der Waals surface area contributed by atoms with E-state index in [1.165, 1.54) is 0 Å². The minimum Gasteiger partial charge on any atom is -0.495 e. The van der Waals surface area contributed by atoms with Crippen LogP contribution in [-0.4, -0.2) is 37.7 Å². The smallest absolute Gasteiger partial charge is 0.274 e. The molecule has 1 amide bonds. The number of ether oxygens (including phenoxy) is 1. The first-order valence-corrected chi connectivity index (χ1v) is 9.28. The van der Waals surface area contributed by atoms with Crippen molar-refractivity contribution in [3.63, 3.8) is 0 Å². The van der Waals surface area contributed by atoms with Crippen LogP contribution in [0.2, 0.25) is 0 Å². The molecule has 4 aromatic rings. The molecule has 1 N–H and O–H groups in total. The van der Waals surface area contributed by atoms with Crippen molar-refractivity contribution in [2.45, 2.75) is 6.92 Å². The van der Waals surface area contributed by atoms with Gasteiger partial charge in [0, 0.05) is 31.2 Å². The van der Waals surface area contributed by atoms with E-state index in [0.717, 1.165) is 11.1 Å². The summed E-state index contributed by atoms with van der Waals surface area (Å²) in [5.74, 6) is 0.327. The Kier molecular flexibility index (Phi) is 5.21. The van der Waals surface area contributed by atoms with Crippen LogP contribution in [0.4, 0.5) is 5.69 Å². The molecular weight excluding hydrogens is 380 g/mol. The molecule has 4 rings (SSSR count). The van der Waals surface area contributed by atoms with Crippen LogP contribution in [-0.2, 0) is 7.05 Å². The van der Waals surface area contributed by atoms with Crippen molar-refractivity contribution in [3.05, 3.63) is 72.4 Å². The number of carbonyl (C=O) groups is 1. The second kappa shape index (κ2) is 8.12. The number of hydrogen-bond donors (Lipinski definition) is 1. The van der Waals surface area contributed by atoms with Crippen LogP contribution >= 0.6 is 0 Å². The predicted molar refractivity (Wildman–Crippen MR) is 113 cm³/mol. The van der Waals surface area contributed by atoms with Gasteiger partial charge in [-0.2, -0.15) is 5.10 Å². The maximum absolute atomic E-state index is 13.0. The summed E-state index contributed by atoms with van der Waals surface area (Å²) in [6, 6.07) is 11.1. The number of pyridine rings is 3. The quantitative estimate of drug-likeness (QED) is 0.551. The predicted octanol–water partition coefficient (Wildman–Crippen LogP) is 3.51. The molecule has 8 nitrogen and oxygen atoms in total. The van der Waals surface area contributed by atoms with Gasteiger partial charge in [0.15, 0.2) is 0 Å². The summed E-state index contributed by atoms with van der Waals surface area (Å²) in [7, 11) is 3.37. The number of anilines is 1. The van der Waals surface area contributed by atoms with E-state index in [4.69, 9.17) is 4.74 Å². The fourth-order valence-electron chi connectivity index (χ4n) is 3.03. The monoisotopic (exact) mass is 400 g/mol. The van der Waals surface area contributed by atoms with E-state index in [1.807, 2.05) is 31.2 Å². The highest BCUT2D eigenvalue weighted by atomic mass is 16.5. The zero-order valence-corrected chi connectivity index (χ0v) is 16.8. The third kappa shape index (κ3) is 3.88. The first kappa shape index (κ1) is 19.3. The van der Waals surface area contributed by atoms with Crippen LogP contribution in [0.1, 0.15) is 16.1 Å². The zero-order chi connectivity index (χ0) is 21.1. The van der Waals surface area contributed by atoms with Gasteiger partial charge >= 0.3 is 0 Å². The van der Waals surface area contributed by atoms with Crippen molar-refractivity contribution in [1.29, 1.82) is 0 Å². The summed E-state index contributed by atoms with van der Waals surface area (Å²) >= 11 is 0. The summed E-state index contributed by atoms with van der Waals surface area (Å²) < 4.78 is 6.78. The highest BCUT2D eigenvalue weighted by molar-refractivity contribution is 6.05. The van der Waals surface area contributed by atoms with Gasteiger partial charge in [0.2, 0.25) is 0 Å². The lowest BCUT2D eigenvalue weighted by atomic mass is 10.1. The Labute approximate surface area is 173 Å². The maximum Gasteiger partial charge on any atom is 0.274 e. The molecule has 0 aromatic carbocycles. The van der Waals surface area contributed by atoms with E-state index in [9.17, 15) is 4.79 Å². The van der Waals surface area contributed by atoms with Crippen molar-refractivity contribution in [1.82, 2.24) is 24.7 Å². The molecular formula is C22H20N6O2. The number of amides is 1. The zero-order valence-electron chi connectivity index (χ0n) is 16.8. The second-order valence-electron chi connectivity index (χ2n) is 6.71. The van der Waals surface area contributed by atoms with Crippen molar-refractivity contribution in [2.75, 3.05) is 12.4 Å². The topological polar surface area (TPSA) is 94.8 Å². The fourth-order valence-corrected chi connectivity index (χ4v) is 3.03. The average molecular weight is 400 g/mol. The number of nitrogens with one attached hydrogen (secondary N) is 1. The van der Waals surface area contributed by atoms with Gasteiger partial charge in [0.25, 0.3) is 5.91 Å². The lowest BCUT2D eigenvalue weighted by Crippen LogP contribution is -2.16. The van der Waals surface area contributed by atoms with Crippen LogP contribution in [0.5, 0.6) is 5.75 Å². The van der Waals surface area contributed by atoms with Gasteiger partial charge in [-0.25, -0.2) is 4.98 Å². The van der Waals surface area contributed by atoms with Crippen molar-refractivity contribution < 1.29 is 9.53 Å². The highest BCUT2D eigenvalue weighted by Crippen LogP contribution is 2.27. The standard InChI is InChI=1S/C22H20N6O2/c1-14-6-8-17(15-5-4-10-23-11-15)25-20(14)22(29)26-19-13-28(2)27-21(19)18-9-7-16(30-3)12-24-18/h4-13H,1-3H3,(H,26,29). The van der Waals surface area contributed by atoms with Gasteiger partial charge in [-0.3, -0.25) is 19.4 Å². The molecule has 150 valence electrons. The maximum atomic E-state index is 13.0. The van der Waals surface area contributed by atoms with Gasteiger partial charge in [-0.05, 0) is 42.8 Å². The van der Waals surface area contributed by atoms with E-state index >= 15 is 0 Å². The van der Waals surface area contributed by atoms with Crippen molar-refractivity contribution >= 4 is 11.6 Å². The number of aryl methyl sites for hydroxylation is 2. The molecule has 0 spiro atoms. The summed E-state index contributed by atoms with van der Waals surface area (Å²) in [6.07, 6.45) is 6.76.